The second-order valence-corrected chi connectivity index (χ2v) is 14.8. The van der Waals surface area contributed by atoms with Gasteiger partial charge in [-0.25, -0.2) is 9.97 Å². The second-order valence-electron chi connectivity index (χ2n) is 13.7. The van der Waals surface area contributed by atoms with Crippen LogP contribution in [0.2, 0.25) is 0 Å². The minimum atomic E-state index is 0.835. The number of benzene rings is 7. The number of fused-ring (bicyclic) bond motifs is 13. The highest BCUT2D eigenvalue weighted by Crippen LogP contribution is 2.44. The number of hydrogen-bond acceptors (Lipinski definition) is 4. The van der Waals surface area contributed by atoms with Crippen molar-refractivity contribution in [3.8, 4) is 28.2 Å². The topological polar surface area (TPSA) is 43.9 Å². The average Bonchev–Trinajstić information content (AvgIpc) is 3.90. The van der Waals surface area contributed by atoms with Gasteiger partial charge < -0.3 is 8.98 Å². The summed E-state index contributed by atoms with van der Waals surface area (Å²) < 4.78 is 11.9. The molecular formula is C48H27N3OS. The molecule has 0 atom stereocenters. The summed E-state index contributed by atoms with van der Waals surface area (Å²) >= 11 is 1.86. The first-order valence-corrected chi connectivity index (χ1v) is 18.6. The monoisotopic (exact) mass is 693 g/mol. The molecular weight excluding hydrogens is 667 g/mol. The maximum absolute atomic E-state index is 6.90. The summed E-state index contributed by atoms with van der Waals surface area (Å²) in [5.41, 5.74) is 10.8. The predicted molar refractivity (Wildman–Crippen MR) is 222 cm³/mol. The molecule has 0 saturated heterocycles. The van der Waals surface area contributed by atoms with Gasteiger partial charge in [-0.15, -0.1) is 11.3 Å². The van der Waals surface area contributed by atoms with E-state index < -0.39 is 0 Å². The summed E-state index contributed by atoms with van der Waals surface area (Å²) in [5, 5.41) is 9.36. The van der Waals surface area contributed by atoms with Gasteiger partial charge in [0.25, 0.3) is 0 Å². The Hall–Kier alpha value is -6.82. The lowest BCUT2D eigenvalue weighted by Gasteiger charge is -2.09. The van der Waals surface area contributed by atoms with E-state index in [1.54, 1.807) is 0 Å². The molecule has 0 aliphatic rings. The van der Waals surface area contributed by atoms with Crippen LogP contribution in [0, 0.1) is 0 Å². The van der Waals surface area contributed by atoms with Crippen LogP contribution < -0.4 is 0 Å². The van der Waals surface area contributed by atoms with Crippen molar-refractivity contribution >= 4 is 97.1 Å². The number of thiophene rings is 1. The lowest BCUT2D eigenvalue weighted by atomic mass is 10.0. The molecule has 5 heterocycles. The summed E-state index contributed by atoms with van der Waals surface area (Å²) in [5.74, 6) is 0. The summed E-state index contributed by atoms with van der Waals surface area (Å²) in [6.45, 7) is 0. The number of furan rings is 1. The Labute approximate surface area is 306 Å². The maximum atomic E-state index is 6.90. The zero-order valence-corrected chi connectivity index (χ0v) is 29.1. The van der Waals surface area contributed by atoms with E-state index in [0.29, 0.717) is 0 Å². The van der Waals surface area contributed by atoms with Crippen molar-refractivity contribution in [2.24, 2.45) is 0 Å². The van der Waals surface area contributed by atoms with Crippen LogP contribution in [0.15, 0.2) is 168 Å². The minimum Gasteiger partial charge on any atom is -0.454 e. The van der Waals surface area contributed by atoms with Crippen LogP contribution in [0.5, 0.6) is 0 Å². The van der Waals surface area contributed by atoms with Crippen molar-refractivity contribution in [1.29, 1.82) is 0 Å². The third-order valence-electron chi connectivity index (χ3n) is 10.8. The first-order valence-electron chi connectivity index (χ1n) is 17.8. The molecule has 0 saturated carbocycles. The second kappa shape index (κ2) is 10.8. The van der Waals surface area contributed by atoms with E-state index in [-0.39, 0.29) is 0 Å². The van der Waals surface area contributed by atoms with Gasteiger partial charge in [-0.05, 0) is 42.5 Å². The van der Waals surface area contributed by atoms with Gasteiger partial charge in [0.15, 0.2) is 5.58 Å². The lowest BCUT2D eigenvalue weighted by molar-refractivity contribution is 0.666. The van der Waals surface area contributed by atoms with E-state index in [9.17, 15) is 0 Å². The molecule has 0 amide bonds. The summed E-state index contributed by atoms with van der Waals surface area (Å²) in [4.78, 5) is 10.3. The van der Waals surface area contributed by atoms with Gasteiger partial charge >= 0.3 is 0 Å². The largest absolute Gasteiger partial charge is 0.454 e. The molecule has 0 radical (unpaired) electrons. The van der Waals surface area contributed by atoms with E-state index in [0.717, 1.165) is 77.5 Å². The number of pyridine rings is 2. The van der Waals surface area contributed by atoms with Gasteiger partial charge in [0.1, 0.15) is 5.58 Å². The van der Waals surface area contributed by atoms with Crippen LogP contribution >= 0.6 is 11.3 Å². The van der Waals surface area contributed by atoms with E-state index in [2.05, 4.69) is 150 Å². The van der Waals surface area contributed by atoms with Crippen LogP contribution in [0.25, 0.3) is 114 Å². The highest BCUT2D eigenvalue weighted by Gasteiger charge is 2.21. The van der Waals surface area contributed by atoms with Crippen molar-refractivity contribution in [3.05, 3.63) is 164 Å². The summed E-state index contributed by atoms with van der Waals surface area (Å²) in [7, 11) is 0. The van der Waals surface area contributed by atoms with E-state index in [4.69, 9.17) is 14.4 Å². The molecule has 0 fully saturated rings. The van der Waals surface area contributed by atoms with Crippen LogP contribution in [-0.4, -0.2) is 14.5 Å². The quantitative estimate of drug-likeness (QED) is 0.173. The van der Waals surface area contributed by atoms with Gasteiger partial charge in [0, 0.05) is 58.9 Å². The Morgan fingerprint density at radius 3 is 1.96 bits per heavy atom. The number of nitrogens with zero attached hydrogens (tertiary/aromatic N) is 3. The Morgan fingerprint density at radius 2 is 1.13 bits per heavy atom. The van der Waals surface area contributed by atoms with Gasteiger partial charge in [0.05, 0.1) is 43.8 Å². The van der Waals surface area contributed by atoms with E-state index in [1.807, 2.05) is 29.5 Å². The van der Waals surface area contributed by atoms with Gasteiger partial charge in [-0.2, -0.15) is 0 Å². The highest BCUT2D eigenvalue weighted by atomic mass is 32.1. The summed E-state index contributed by atoms with van der Waals surface area (Å²) in [6.07, 6.45) is 0. The number of rotatable bonds is 3. The Balaban J connectivity index is 1.06. The third kappa shape index (κ3) is 4.17. The zero-order chi connectivity index (χ0) is 34.6. The van der Waals surface area contributed by atoms with Crippen molar-refractivity contribution in [3.63, 3.8) is 0 Å². The molecule has 0 aliphatic carbocycles. The smallest absolute Gasteiger partial charge is 0.159 e. The first-order chi connectivity index (χ1) is 26.3. The molecule has 53 heavy (non-hydrogen) atoms. The SMILES string of the molecule is c1ccc(-c2ccc3ccc4ccc(-c5ccc6c(c5)oc5c(-n7c8ccccc8c8ccc9c%10ccccc%10sc9c87)cccc56)nc4c3n2)cc1. The fourth-order valence-electron chi connectivity index (χ4n) is 8.30. The summed E-state index contributed by atoms with van der Waals surface area (Å²) in [6, 6.07) is 58.0. The molecule has 5 heteroatoms. The van der Waals surface area contributed by atoms with Crippen molar-refractivity contribution in [1.82, 2.24) is 14.5 Å². The fraction of sp³-hybridized carbons (Fsp3) is 0. The number of hydrogen-bond donors (Lipinski definition) is 0. The predicted octanol–water partition coefficient (Wildman–Crippen LogP) is 13.5. The Morgan fingerprint density at radius 1 is 0.472 bits per heavy atom. The van der Waals surface area contributed by atoms with Crippen molar-refractivity contribution in [2.75, 3.05) is 0 Å². The van der Waals surface area contributed by atoms with Gasteiger partial charge in [0.2, 0.25) is 0 Å². The van der Waals surface area contributed by atoms with Crippen LogP contribution in [0.3, 0.4) is 0 Å². The van der Waals surface area contributed by atoms with Crippen LogP contribution in [0.1, 0.15) is 0 Å². The number of aromatic nitrogens is 3. The molecule has 5 aromatic heterocycles. The average molecular weight is 694 g/mol. The standard InChI is InChI=1S/C48H27N3OS/c1-2-9-28(10-3-1)38-25-20-29-17-18-30-21-26-39(50-45(30)44(29)49-38)31-19-22-33-36-13-8-15-41(47(36)52-42(33)27-31)51-40-14-6-4-11-32(40)35-23-24-37-34-12-5-7-16-43(34)53-48(37)46(35)51/h1-27H. The number of para-hydroxylation sites is 2. The third-order valence-corrected chi connectivity index (χ3v) is 12.0. The lowest BCUT2D eigenvalue weighted by Crippen LogP contribution is -1.94. The molecule has 246 valence electrons. The maximum Gasteiger partial charge on any atom is 0.159 e. The molecule has 0 bridgehead atoms. The molecule has 0 spiro atoms. The van der Waals surface area contributed by atoms with Crippen LogP contribution in [-0.2, 0) is 0 Å². The normalized spacial score (nSPS) is 12.2. The molecule has 0 aliphatic heterocycles. The zero-order valence-electron chi connectivity index (χ0n) is 28.2. The molecule has 7 aromatic carbocycles. The Bertz CT molecular complexity index is 3460. The molecule has 12 rings (SSSR count). The minimum absolute atomic E-state index is 0.835. The van der Waals surface area contributed by atoms with Gasteiger partial charge in [-0.1, -0.05) is 121 Å². The van der Waals surface area contributed by atoms with Crippen LogP contribution in [0.4, 0.5) is 0 Å². The van der Waals surface area contributed by atoms with Gasteiger partial charge in [-0.3, -0.25) is 0 Å². The van der Waals surface area contributed by atoms with Crippen molar-refractivity contribution in [2.45, 2.75) is 0 Å². The first kappa shape index (κ1) is 28.8. The van der Waals surface area contributed by atoms with Crippen molar-refractivity contribution < 1.29 is 4.42 Å². The highest BCUT2D eigenvalue weighted by molar-refractivity contribution is 7.26. The molecule has 0 unspecified atom stereocenters. The van der Waals surface area contributed by atoms with E-state index in [1.165, 1.54) is 36.5 Å². The molecule has 0 N–H and O–H groups in total. The molecule has 4 nitrogen and oxygen atoms in total. The fourth-order valence-corrected chi connectivity index (χ4v) is 9.54. The molecule has 12 aromatic rings. The Kier molecular flexibility index (Phi) is 5.90. The van der Waals surface area contributed by atoms with E-state index >= 15 is 0 Å².